The fourth-order valence-corrected chi connectivity index (χ4v) is 4.20. The third-order valence-corrected chi connectivity index (χ3v) is 5.89. The van der Waals surface area contributed by atoms with E-state index in [-0.39, 0.29) is 0 Å². The second kappa shape index (κ2) is 5.53. The number of para-hydroxylation sites is 1. The Morgan fingerprint density at radius 3 is 2.45 bits per heavy atom. The fourth-order valence-electron chi connectivity index (χ4n) is 2.51. The summed E-state index contributed by atoms with van der Waals surface area (Å²) in [6, 6.07) is 14.3. The summed E-state index contributed by atoms with van der Waals surface area (Å²) in [5.41, 5.74) is 2.45. The van der Waals surface area contributed by atoms with Gasteiger partial charge in [0.1, 0.15) is 5.52 Å². The van der Waals surface area contributed by atoms with E-state index in [1.807, 2.05) is 38.1 Å². The number of hydrogen-bond acceptors (Lipinski definition) is 4. The van der Waals surface area contributed by atoms with E-state index in [9.17, 15) is 8.42 Å². The predicted octanol–water partition coefficient (Wildman–Crippen LogP) is 3.12. The van der Waals surface area contributed by atoms with E-state index in [4.69, 9.17) is 0 Å². The maximum absolute atomic E-state index is 12.9. The molecule has 1 unspecified atom stereocenters. The van der Waals surface area contributed by atoms with Gasteiger partial charge in [0.2, 0.25) is 9.84 Å². The predicted molar refractivity (Wildman–Crippen MR) is 85.2 cm³/mol. The second-order valence-electron chi connectivity index (χ2n) is 5.24. The first kappa shape index (κ1) is 14.7. The van der Waals surface area contributed by atoms with Crippen LogP contribution in [0.25, 0.3) is 11.0 Å². The quantitative estimate of drug-likeness (QED) is 0.742. The molecule has 1 aromatic heterocycles. The normalized spacial score (nSPS) is 13.4. The minimum absolute atomic E-state index is 0.310. The van der Waals surface area contributed by atoms with E-state index < -0.39 is 15.2 Å². The topological polar surface area (TPSA) is 64.8 Å². The van der Waals surface area contributed by atoms with E-state index in [1.54, 1.807) is 24.3 Å². The maximum Gasteiger partial charge on any atom is 0.201 e. The third kappa shape index (κ3) is 2.39. The van der Waals surface area contributed by atoms with Crippen LogP contribution >= 0.6 is 0 Å². The van der Waals surface area contributed by atoms with Gasteiger partial charge < -0.3 is 0 Å². The van der Waals surface area contributed by atoms with Crippen molar-refractivity contribution in [3.63, 3.8) is 0 Å². The molecule has 0 aliphatic carbocycles. The number of benzene rings is 2. The molecule has 5 nitrogen and oxygen atoms in total. The number of fused-ring (bicyclic) bond motifs is 1. The van der Waals surface area contributed by atoms with Gasteiger partial charge in [-0.1, -0.05) is 42.0 Å². The Bertz CT molecular complexity index is 899. The average Bonchev–Trinajstić information content (AvgIpc) is 2.92. The van der Waals surface area contributed by atoms with Crippen LogP contribution in [0.15, 0.2) is 53.4 Å². The molecule has 6 heteroatoms. The highest BCUT2D eigenvalue weighted by atomic mass is 32.2. The maximum atomic E-state index is 12.9. The molecular formula is C16H17N3O2S. The lowest BCUT2D eigenvalue weighted by Crippen LogP contribution is -2.20. The van der Waals surface area contributed by atoms with E-state index >= 15 is 0 Å². The van der Waals surface area contributed by atoms with Crippen molar-refractivity contribution in [3.8, 4) is 0 Å². The zero-order valence-corrected chi connectivity index (χ0v) is 13.3. The first-order chi connectivity index (χ1) is 10.5. The summed E-state index contributed by atoms with van der Waals surface area (Å²) in [5.74, 6) is 0. The highest BCUT2D eigenvalue weighted by molar-refractivity contribution is 7.91. The number of aromatic nitrogens is 3. The molecular weight excluding hydrogens is 298 g/mol. The van der Waals surface area contributed by atoms with Crippen molar-refractivity contribution in [3.05, 3.63) is 54.1 Å². The first-order valence-corrected chi connectivity index (χ1v) is 8.69. The molecule has 0 aliphatic rings. The van der Waals surface area contributed by atoms with Crippen LogP contribution in [-0.2, 0) is 9.84 Å². The fraction of sp³-hybridized carbons (Fsp3) is 0.250. The van der Waals surface area contributed by atoms with Gasteiger partial charge in [0.15, 0.2) is 5.37 Å². The van der Waals surface area contributed by atoms with Gasteiger partial charge in [-0.05, 0) is 37.6 Å². The molecule has 3 rings (SSSR count). The van der Waals surface area contributed by atoms with Crippen molar-refractivity contribution in [2.45, 2.75) is 30.5 Å². The molecule has 0 N–H and O–H groups in total. The van der Waals surface area contributed by atoms with Crippen LogP contribution in [0.1, 0.15) is 24.3 Å². The van der Waals surface area contributed by atoms with Gasteiger partial charge in [-0.2, -0.15) is 0 Å². The molecule has 0 fully saturated rings. The summed E-state index contributed by atoms with van der Waals surface area (Å²) in [4.78, 5) is 0.310. The SMILES string of the molecule is CCC(n1nnc2ccccc21)S(=O)(=O)c1ccc(C)cc1. The van der Waals surface area contributed by atoms with Gasteiger partial charge in [0, 0.05) is 0 Å². The van der Waals surface area contributed by atoms with Crippen molar-refractivity contribution >= 4 is 20.9 Å². The second-order valence-corrected chi connectivity index (χ2v) is 7.35. The number of nitrogens with zero attached hydrogens (tertiary/aromatic N) is 3. The molecule has 0 spiro atoms. The van der Waals surface area contributed by atoms with Gasteiger partial charge >= 0.3 is 0 Å². The van der Waals surface area contributed by atoms with Crippen LogP contribution in [-0.4, -0.2) is 23.4 Å². The van der Waals surface area contributed by atoms with Crippen molar-refractivity contribution in [1.29, 1.82) is 0 Å². The lowest BCUT2D eigenvalue weighted by atomic mass is 10.2. The van der Waals surface area contributed by atoms with Gasteiger partial charge in [-0.25, -0.2) is 13.1 Å². The molecule has 114 valence electrons. The zero-order chi connectivity index (χ0) is 15.7. The van der Waals surface area contributed by atoms with Crippen LogP contribution < -0.4 is 0 Å². The van der Waals surface area contributed by atoms with Crippen molar-refractivity contribution in [2.24, 2.45) is 0 Å². The van der Waals surface area contributed by atoms with E-state index in [1.165, 1.54) is 4.68 Å². The molecule has 0 bridgehead atoms. The summed E-state index contributed by atoms with van der Waals surface area (Å²) in [6.07, 6.45) is 0.420. The average molecular weight is 315 g/mol. The summed E-state index contributed by atoms with van der Waals surface area (Å²) in [5, 5.41) is 7.36. The molecule has 2 aromatic carbocycles. The zero-order valence-electron chi connectivity index (χ0n) is 12.5. The molecule has 1 heterocycles. The number of aryl methyl sites for hydroxylation is 1. The molecule has 0 saturated heterocycles. The van der Waals surface area contributed by atoms with E-state index in [0.29, 0.717) is 16.8 Å². The van der Waals surface area contributed by atoms with Crippen molar-refractivity contribution in [1.82, 2.24) is 15.0 Å². The molecule has 0 saturated carbocycles. The summed E-state index contributed by atoms with van der Waals surface area (Å²) in [7, 11) is -3.52. The number of rotatable bonds is 4. The third-order valence-electron chi connectivity index (χ3n) is 3.71. The monoisotopic (exact) mass is 315 g/mol. The number of sulfone groups is 1. The Hall–Kier alpha value is -2.21. The molecule has 22 heavy (non-hydrogen) atoms. The lowest BCUT2D eigenvalue weighted by molar-refractivity contribution is 0.510. The van der Waals surface area contributed by atoms with Gasteiger partial charge in [0.25, 0.3) is 0 Å². The van der Waals surface area contributed by atoms with Gasteiger partial charge in [-0.3, -0.25) is 0 Å². The van der Waals surface area contributed by atoms with Crippen molar-refractivity contribution in [2.75, 3.05) is 0 Å². The van der Waals surface area contributed by atoms with Crippen LogP contribution in [0.3, 0.4) is 0 Å². The van der Waals surface area contributed by atoms with Crippen molar-refractivity contribution < 1.29 is 8.42 Å². The summed E-state index contributed by atoms with van der Waals surface area (Å²) < 4.78 is 27.4. The Balaban J connectivity index is 2.12. The summed E-state index contributed by atoms with van der Waals surface area (Å²) >= 11 is 0. The van der Waals surface area contributed by atoms with Crippen LogP contribution in [0.4, 0.5) is 0 Å². The first-order valence-electron chi connectivity index (χ1n) is 7.14. The molecule has 0 aliphatic heterocycles. The van der Waals surface area contributed by atoms with Crippen LogP contribution in [0, 0.1) is 6.92 Å². The Morgan fingerprint density at radius 2 is 1.77 bits per heavy atom. The lowest BCUT2D eigenvalue weighted by Gasteiger charge is -2.17. The minimum atomic E-state index is -3.52. The van der Waals surface area contributed by atoms with Gasteiger partial charge in [-0.15, -0.1) is 5.10 Å². The highest BCUT2D eigenvalue weighted by Crippen LogP contribution is 2.28. The molecule has 0 radical (unpaired) electrons. The van der Waals surface area contributed by atoms with Gasteiger partial charge in [0.05, 0.1) is 10.4 Å². The Labute approximate surface area is 129 Å². The number of hydrogen-bond donors (Lipinski definition) is 0. The highest BCUT2D eigenvalue weighted by Gasteiger charge is 2.29. The molecule has 0 amide bonds. The summed E-state index contributed by atoms with van der Waals surface area (Å²) in [6.45, 7) is 3.77. The van der Waals surface area contributed by atoms with Crippen LogP contribution in [0.2, 0.25) is 0 Å². The molecule has 3 aromatic rings. The van der Waals surface area contributed by atoms with Crippen LogP contribution in [0.5, 0.6) is 0 Å². The Kier molecular flexibility index (Phi) is 3.70. The minimum Gasteiger partial charge on any atom is -0.226 e. The van der Waals surface area contributed by atoms with E-state index in [2.05, 4.69) is 10.3 Å². The van der Waals surface area contributed by atoms with E-state index in [0.717, 1.165) is 11.1 Å². The molecule has 1 atom stereocenters. The smallest absolute Gasteiger partial charge is 0.201 e. The Morgan fingerprint density at radius 1 is 1.09 bits per heavy atom. The largest absolute Gasteiger partial charge is 0.226 e. The standard InChI is InChI=1S/C16H17N3O2S/c1-3-16(19-15-7-5-4-6-14(15)17-18-19)22(20,21)13-10-8-12(2)9-11-13/h4-11,16H,3H2,1-2H3.